The summed E-state index contributed by atoms with van der Waals surface area (Å²) in [4.78, 5) is 17.0. The molecule has 0 aromatic heterocycles. The Morgan fingerprint density at radius 2 is 1.92 bits per heavy atom. The highest BCUT2D eigenvalue weighted by molar-refractivity contribution is 6.03. The van der Waals surface area contributed by atoms with Gasteiger partial charge in [-0.3, -0.25) is 9.79 Å². The van der Waals surface area contributed by atoms with Gasteiger partial charge in [0, 0.05) is 23.5 Å². The van der Waals surface area contributed by atoms with Crippen LogP contribution in [0.1, 0.15) is 80.1 Å². The van der Waals surface area contributed by atoms with E-state index < -0.39 is 0 Å². The molecule has 0 saturated heterocycles. The molecule has 2 aliphatic carbocycles. The second-order valence-corrected chi connectivity index (χ2v) is 7.90. The number of carbonyl (C=O) groups excluding carboxylic acids is 1. The summed E-state index contributed by atoms with van der Waals surface area (Å²) in [5, 5.41) is 3.08. The van der Waals surface area contributed by atoms with Gasteiger partial charge in [-0.05, 0) is 62.4 Å². The molecule has 3 nitrogen and oxygen atoms in total. The van der Waals surface area contributed by atoms with Gasteiger partial charge in [0.25, 0.3) is 0 Å². The van der Waals surface area contributed by atoms with Gasteiger partial charge >= 0.3 is 0 Å². The van der Waals surface area contributed by atoms with E-state index in [1.807, 2.05) is 20.0 Å². The van der Waals surface area contributed by atoms with Crippen molar-refractivity contribution in [2.24, 2.45) is 22.2 Å². The highest BCUT2D eigenvalue weighted by atomic mass is 16.1. The fraction of sp³-hybridized carbons (Fsp3) is 0.714. The Balaban J connectivity index is 2.28. The van der Waals surface area contributed by atoms with Crippen LogP contribution in [0.5, 0.6) is 0 Å². The molecule has 2 rings (SSSR count). The monoisotopic (exact) mass is 330 g/mol. The van der Waals surface area contributed by atoms with Crippen LogP contribution < -0.4 is 5.32 Å². The molecule has 0 aliphatic heterocycles. The molecule has 134 valence electrons. The van der Waals surface area contributed by atoms with E-state index in [1.165, 1.54) is 42.5 Å². The molecule has 0 heterocycles. The largest absolute Gasteiger partial charge is 0.328 e. The molecular formula is C21H34N2O. The predicted molar refractivity (Wildman–Crippen MR) is 102 cm³/mol. The first kappa shape index (κ1) is 19.0. The Morgan fingerprint density at radius 3 is 2.42 bits per heavy atom. The summed E-state index contributed by atoms with van der Waals surface area (Å²) in [5.74, 6) is 0.370. The summed E-state index contributed by atoms with van der Waals surface area (Å²) in [6, 6.07) is 0. The minimum Gasteiger partial charge on any atom is -0.328 e. The van der Waals surface area contributed by atoms with E-state index in [0.29, 0.717) is 11.3 Å². The predicted octanol–water partition coefficient (Wildman–Crippen LogP) is 5.39. The lowest BCUT2D eigenvalue weighted by atomic mass is 9.92. The number of nitrogens with zero attached hydrogens (tertiary/aromatic N) is 1. The molecule has 1 unspecified atom stereocenters. The number of hydrogen-bond acceptors (Lipinski definition) is 2. The molecule has 1 spiro atoms. The van der Waals surface area contributed by atoms with Crippen molar-refractivity contribution in [3.63, 3.8) is 0 Å². The number of aliphatic imine (C=N–C) groups is 1. The molecule has 0 radical (unpaired) electrons. The Kier molecular flexibility index (Phi) is 6.06. The smallest absolute Gasteiger partial charge is 0.226 e. The molecule has 0 bridgehead atoms. The highest BCUT2D eigenvalue weighted by Crippen LogP contribution is 2.61. The van der Waals surface area contributed by atoms with Crippen molar-refractivity contribution in [1.29, 1.82) is 0 Å². The first-order valence-corrected chi connectivity index (χ1v) is 9.62. The van der Waals surface area contributed by atoms with E-state index in [0.717, 1.165) is 18.5 Å². The zero-order valence-electron chi connectivity index (χ0n) is 16.3. The van der Waals surface area contributed by atoms with Gasteiger partial charge < -0.3 is 5.32 Å². The van der Waals surface area contributed by atoms with Crippen molar-refractivity contribution >= 4 is 11.6 Å². The second kappa shape index (κ2) is 7.67. The second-order valence-electron chi connectivity index (χ2n) is 7.90. The highest BCUT2D eigenvalue weighted by Gasteiger charge is 2.50. The lowest BCUT2D eigenvalue weighted by molar-refractivity contribution is -0.123. The zero-order valence-corrected chi connectivity index (χ0v) is 16.3. The number of hydrogen-bond donors (Lipinski definition) is 1. The maximum absolute atomic E-state index is 12.1. The van der Waals surface area contributed by atoms with Crippen LogP contribution in [-0.4, -0.2) is 11.6 Å². The maximum atomic E-state index is 12.1. The minimum atomic E-state index is -0.0124. The fourth-order valence-corrected chi connectivity index (χ4v) is 3.60. The zero-order chi connectivity index (χ0) is 17.9. The molecule has 1 saturated carbocycles. The average molecular weight is 331 g/mol. The molecule has 24 heavy (non-hydrogen) atoms. The van der Waals surface area contributed by atoms with Crippen molar-refractivity contribution in [3.05, 3.63) is 23.0 Å². The lowest BCUT2D eigenvalue weighted by Crippen LogP contribution is -2.29. The Bertz CT molecular complexity index is 577. The summed E-state index contributed by atoms with van der Waals surface area (Å²) in [6.45, 7) is 12.6. The minimum absolute atomic E-state index is 0.0124. The number of allylic oxidation sites excluding steroid dienone is 3. The third-order valence-corrected chi connectivity index (χ3v) is 5.71. The molecule has 1 fully saturated rings. The van der Waals surface area contributed by atoms with Crippen LogP contribution in [0, 0.1) is 17.3 Å². The van der Waals surface area contributed by atoms with Crippen molar-refractivity contribution in [2.45, 2.75) is 80.1 Å². The third kappa shape index (κ3) is 3.99. The number of rotatable bonds is 7. The fourth-order valence-electron chi connectivity index (χ4n) is 3.60. The number of carbonyl (C=O) groups is 1. The molecule has 3 heteroatoms. The van der Waals surface area contributed by atoms with E-state index in [2.05, 4.69) is 33.0 Å². The van der Waals surface area contributed by atoms with Crippen molar-refractivity contribution in [3.8, 4) is 0 Å². The van der Waals surface area contributed by atoms with Gasteiger partial charge in [-0.2, -0.15) is 0 Å². The molecular weight excluding hydrogens is 296 g/mol. The van der Waals surface area contributed by atoms with E-state index in [4.69, 9.17) is 4.99 Å². The Hall–Kier alpha value is -1.38. The van der Waals surface area contributed by atoms with Crippen molar-refractivity contribution in [1.82, 2.24) is 5.32 Å². The van der Waals surface area contributed by atoms with Crippen molar-refractivity contribution in [2.75, 3.05) is 0 Å². The average Bonchev–Trinajstić information content (AvgIpc) is 3.27. The van der Waals surface area contributed by atoms with E-state index in [9.17, 15) is 4.79 Å². The normalized spacial score (nSPS) is 21.6. The number of amides is 1. The van der Waals surface area contributed by atoms with Crippen LogP contribution in [0.4, 0.5) is 0 Å². The van der Waals surface area contributed by atoms with Gasteiger partial charge in [0.15, 0.2) is 0 Å². The first-order valence-electron chi connectivity index (χ1n) is 9.62. The SMILES string of the molecule is CCC(=N/C=C(/NC(=O)C(C)C)C(C)CC)C1=C(C)CCC12CC2. The molecule has 1 N–H and O–H groups in total. The summed E-state index contributed by atoms with van der Waals surface area (Å²) >= 11 is 0. The van der Waals surface area contributed by atoms with Crippen LogP contribution in [0.25, 0.3) is 0 Å². The lowest BCUT2D eigenvalue weighted by Gasteiger charge is -2.18. The quantitative estimate of drug-likeness (QED) is 0.625. The van der Waals surface area contributed by atoms with Crippen LogP contribution >= 0.6 is 0 Å². The third-order valence-electron chi connectivity index (χ3n) is 5.71. The van der Waals surface area contributed by atoms with Crippen molar-refractivity contribution < 1.29 is 4.79 Å². The summed E-state index contributed by atoms with van der Waals surface area (Å²) in [6.07, 6.45) is 9.04. The van der Waals surface area contributed by atoms with Crippen LogP contribution in [0.15, 0.2) is 28.0 Å². The van der Waals surface area contributed by atoms with Gasteiger partial charge in [0.05, 0.1) is 0 Å². The maximum Gasteiger partial charge on any atom is 0.226 e. The van der Waals surface area contributed by atoms with Gasteiger partial charge in [0.1, 0.15) is 0 Å². The summed E-state index contributed by atoms with van der Waals surface area (Å²) in [5.41, 5.74) is 5.67. The topological polar surface area (TPSA) is 41.5 Å². The summed E-state index contributed by atoms with van der Waals surface area (Å²) < 4.78 is 0. The Labute approximate surface area is 147 Å². The van der Waals surface area contributed by atoms with Crippen LogP contribution in [-0.2, 0) is 4.79 Å². The number of nitrogens with one attached hydrogen (secondary N) is 1. The standard InChI is InChI=1S/C21H34N2O/c1-7-15(5)18(23-20(24)14(3)4)13-22-17(8-2)19-16(6)9-10-21(19)11-12-21/h13-15H,7-12H2,1-6H3,(H,23,24)/b18-13+,22-17?. The molecule has 0 aromatic rings. The first-order chi connectivity index (χ1) is 11.3. The molecule has 1 amide bonds. The van der Waals surface area contributed by atoms with Crippen LogP contribution in [0.3, 0.4) is 0 Å². The van der Waals surface area contributed by atoms with Gasteiger partial charge in [-0.25, -0.2) is 0 Å². The van der Waals surface area contributed by atoms with Gasteiger partial charge in [-0.1, -0.05) is 40.2 Å². The molecule has 2 aliphatic rings. The summed E-state index contributed by atoms with van der Waals surface area (Å²) in [7, 11) is 0. The Morgan fingerprint density at radius 1 is 1.25 bits per heavy atom. The molecule has 0 aromatic carbocycles. The van der Waals surface area contributed by atoms with Crippen LogP contribution in [0.2, 0.25) is 0 Å². The van der Waals surface area contributed by atoms with Gasteiger partial charge in [0.2, 0.25) is 5.91 Å². The van der Waals surface area contributed by atoms with Gasteiger partial charge in [-0.15, -0.1) is 0 Å². The van der Waals surface area contributed by atoms with E-state index in [-0.39, 0.29) is 11.8 Å². The van der Waals surface area contributed by atoms with E-state index >= 15 is 0 Å². The van der Waals surface area contributed by atoms with E-state index in [1.54, 1.807) is 0 Å². The molecule has 1 atom stereocenters.